The Morgan fingerprint density at radius 1 is 1.21 bits per heavy atom. The molecule has 0 aromatic carbocycles. The first-order chi connectivity index (χ1) is 14.1. The van der Waals surface area contributed by atoms with Gasteiger partial charge in [0.05, 0.1) is 31.8 Å². The molecule has 1 aliphatic heterocycles. The van der Waals surface area contributed by atoms with Crippen molar-refractivity contribution in [2.24, 2.45) is 0 Å². The normalized spacial score (nSPS) is 15.3. The van der Waals surface area contributed by atoms with Gasteiger partial charge in [0.15, 0.2) is 0 Å². The monoisotopic (exact) mass is 405 g/mol. The first-order valence-electron chi connectivity index (χ1n) is 10.4. The average molecular weight is 405 g/mol. The van der Waals surface area contributed by atoms with Crippen LogP contribution in [0.25, 0.3) is 11.1 Å². The zero-order valence-corrected chi connectivity index (χ0v) is 17.6. The number of aromatic nitrogens is 1. The Morgan fingerprint density at radius 3 is 2.59 bits per heavy atom. The molecule has 8 heteroatoms. The highest BCUT2D eigenvalue weighted by Crippen LogP contribution is 2.20. The summed E-state index contributed by atoms with van der Waals surface area (Å²) in [5.74, 6) is 0.128. The van der Waals surface area contributed by atoms with E-state index in [-0.39, 0.29) is 17.6 Å². The van der Waals surface area contributed by atoms with E-state index in [1.54, 1.807) is 19.2 Å². The van der Waals surface area contributed by atoms with E-state index in [1.165, 1.54) is 0 Å². The number of carbonyl (C=O) groups excluding carboxylic acids is 1. The highest BCUT2D eigenvalue weighted by molar-refractivity contribution is 5.93. The molecule has 1 fully saturated rings. The Balaban J connectivity index is 1.96. The molecule has 0 bridgehead atoms. The molecule has 0 radical (unpaired) electrons. The minimum absolute atomic E-state index is 0.0534. The second kappa shape index (κ2) is 10.0. The molecule has 1 saturated heterocycles. The molecule has 0 amide bonds. The minimum atomic E-state index is -0.591. The second-order valence-electron chi connectivity index (χ2n) is 7.13. The van der Waals surface area contributed by atoms with Crippen molar-refractivity contribution in [3.63, 3.8) is 0 Å². The van der Waals surface area contributed by atoms with Crippen molar-refractivity contribution >= 4 is 17.1 Å². The lowest BCUT2D eigenvalue weighted by Gasteiger charge is -2.25. The van der Waals surface area contributed by atoms with Gasteiger partial charge in [-0.25, -0.2) is 4.79 Å². The smallest absolute Gasteiger partial charge is 0.343 e. The molecule has 2 aromatic heterocycles. The number of furan rings is 1. The summed E-state index contributed by atoms with van der Waals surface area (Å²) in [4.78, 5) is 29.8. The van der Waals surface area contributed by atoms with Crippen LogP contribution in [-0.2, 0) is 22.6 Å². The average Bonchev–Trinajstić information content (AvgIpc) is 3.15. The predicted octanol–water partition coefficient (Wildman–Crippen LogP) is 1.95. The van der Waals surface area contributed by atoms with Crippen LogP contribution in [0.3, 0.4) is 0 Å². The molecule has 0 unspecified atom stereocenters. The first kappa shape index (κ1) is 21.5. The Labute approximate surface area is 171 Å². The van der Waals surface area contributed by atoms with Crippen molar-refractivity contribution in [1.29, 1.82) is 0 Å². The van der Waals surface area contributed by atoms with Gasteiger partial charge in [0.1, 0.15) is 11.3 Å². The van der Waals surface area contributed by atoms with Crippen LogP contribution in [0.15, 0.2) is 21.5 Å². The fourth-order valence-corrected chi connectivity index (χ4v) is 3.59. The third kappa shape index (κ3) is 5.07. The summed E-state index contributed by atoms with van der Waals surface area (Å²) < 4.78 is 18.4. The van der Waals surface area contributed by atoms with Gasteiger partial charge < -0.3 is 23.4 Å². The van der Waals surface area contributed by atoms with Crippen molar-refractivity contribution in [2.75, 3.05) is 52.5 Å². The zero-order valence-electron chi connectivity index (χ0n) is 17.6. The van der Waals surface area contributed by atoms with Crippen molar-refractivity contribution < 1.29 is 18.7 Å². The van der Waals surface area contributed by atoms with E-state index < -0.39 is 5.97 Å². The number of likely N-dealkylation sites (N-methyl/N-ethyl adjacent to an activating group) is 1. The van der Waals surface area contributed by atoms with E-state index in [0.29, 0.717) is 37.4 Å². The minimum Gasteiger partial charge on any atom is -0.462 e. The van der Waals surface area contributed by atoms with E-state index in [0.717, 1.165) is 38.5 Å². The number of hydrogen-bond donors (Lipinski definition) is 0. The lowest BCUT2D eigenvalue weighted by molar-refractivity contribution is 0.0315. The van der Waals surface area contributed by atoms with Gasteiger partial charge in [-0.1, -0.05) is 13.8 Å². The van der Waals surface area contributed by atoms with Crippen LogP contribution >= 0.6 is 0 Å². The molecule has 0 aliphatic carbocycles. The van der Waals surface area contributed by atoms with Crippen LogP contribution in [0, 0.1) is 0 Å². The fourth-order valence-electron chi connectivity index (χ4n) is 3.59. The van der Waals surface area contributed by atoms with Gasteiger partial charge in [0, 0.05) is 32.4 Å². The van der Waals surface area contributed by atoms with Gasteiger partial charge in [0.25, 0.3) is 0 Å². The summed E-state index contributed by atoms with van der Waals surface area (Å²) in [6.07, 6.45) is 1.58. The van der Waals surface area contributed by atoms with Crippen molar-refractivity contribution in [3.05, 3.63) is 33.8 Å². The standard InChI is InChI=1S/C21H31N3O5/c1-4-22(5-2)7-8-24-15-18(21(26)28-6-3)19(25)17-13-16(29-20(17)24)14-23-9-11-27-12-10-23/h13,15H,4-12,14H2,1-3H3. The second-order valence-corrected chi connectivity index (χ2v) is 7.13. The summed E-state index contributed by atoms with van der Waals surface area (Å²) >= 11 is 0. The molecule has 0 saturated carbocycles. The Kier molecular flexibility index (Phi) is 7.46. The Bertz CT molecular complexity index is 878. The molecule has 3 heterocycles. The van der Waals surface area contributed by atoms with Gasteiger partial charge in [-0.05, 0) is 26.1 Å². The number of rotatable bonds is 9. The molecule has 3 rings (SSSR count). The topological polar surface area (TPSA) is 77.2 Å². The van der Waals surface area contributed by atoms with Crippen LogP contribution in [-0.4, -0.2) is 72.9 Å². The lowest BCUT2D eigenvalue weighted by atomic mass is 10.2. The molecular weight excluding hydrogens is 374 g/mol. The summed E-state index contributed by atoms with van der Waals surface area (Å²) in [6, 6.07) is 1.77. The van der Waals surface area contributed by atoms with Crippen LogP contribution < -0.4 is 5.43 Å². The van der Waals surface area contributed by atoms with Gasteiger partial charge in [-0.3, -0.25) is 9.69 Å². The number of esters is 1. The molecule has 0 spiro atoms. The summed E-state index contributed by atoms with van der Waals surface area (Å²) in [5.41, 5.74) is 0.227. The highest BCUT2D eigenvalue weighted by atomic mass is 16.5. The number of ether oxygens (including phenoxy) is 2. The SMILES string of the molecule is CCOC(=O)c1cn(CCN(CC)CC)c2oc(CN3CCOCC3)cc2c1=O. The molecule has 1 aliphatic rings. The quantitative estimate of drug-likeness (QED) is 0.590. The molecular formula is C21H31N3O5. The van der Waals surface area contributed by atoms with Crippen molar-refractivity contribution in [3.8, 4) is 0 Å². The summed E-state index contributed by atoms with van der Waals surface area (Å²) in [6.45, 7) is 13.1. The molecule has 0 atom stereocenters. The van der Waals surface area contributed by atoms with Crippen molar-refractivity contribution in [1.82, 2.24) is 14.4 Å². The molecule has 160 valence electrons. The fraction of sp³-hybridized carbons (Fsp3) is 0.619. The van der Waals surface area contributed by atoms with E-state index >= 15 is 0 Å². The van der Waals surface area contributed by atoms with Crippen LogP contribution in [0.5, 0.6) is 0 Å². The van der Waals surface area contributed by atoms with E-state index in [2.05, 4.69) is 23.6 Å². The summed E-state index contributed by atoms with van der Waals surface area (Å²) in [7, 11) is 0. The van der Waals surface area contributed by atoms with Crippen molar-refractivity contribution in [2.45, 2.75) is 33.9 Å². The first-order valence-corrected chi connectivity index (χ1v) is 10.4. The van der Waals surface area contributed by atoms with Gasteiger partial charge in [0.2, 0.25) is 11.1 Å². The largest absolute Gasteiger partial charge is 0.462 e. The third-order valence-corrected chi connectivity index (χ3v) is 5.33. The molecule has 2 aromatic rings. The number of morpholine rings is 1. The molecule has 8 nitrogen and oxygen atoms in total. The molecule has 0 N–H and O–H groups in total. The molecule has 29 heavy (non-hydrogen) atoms. The Hall–Kier alpha value is -2.16. The maximum atomic E-state index is 12.9. The van der Waals surface area contributed by atoms with Gasteiger partial charge >= 0.3 is 5.97 Å². The number of pyridine rings is 1. The van der Waals surface area contributed by atoms with Gasteiger partial charge in [-0.2, -0.15) is 0 Å². The van der Waals surface area contributed by atoms with E-state index in [4.69, 9.17) is 13.9 Å². The van der Waals surface area contributed by atoms with E-state index in [9.17, 15) is 9.59 Å². The highest BCUT2D eigenvalue weighted by Gasteiger charge is 2.21. The van der Waals surface area contributed by atoms with Gasteiger partial charge in [-0.15, -0.1) is 0 Å². The number of carbonyl (C=O) groups is 1. The maximum Gasteiger partial charge on any atom is 0.343 e. The number of hydrogen-bond acceptors (Lipinski definition) is 7. The maximum absolute atomic E-state index is 12.9. The van der Waals surface area contributed by atoms with E-state index in [1.807, 2.05) is 4.57 Å². The summed E-state index contributed by atoms with van der Waals surface area (Å²) in [5, 5.41) is 0.429. The lowest BCUT2D eigenvalue weighted by Crippen LogP contribution is -2.35. The Morgan fingerprint density at radius 2 is 1.93 bits per heavy atom. The van der Waals surface area contributed by atoms with Crippen LogP contribution in [0.1, 0.15) is 36.9 Å². The predicted molar refractivity (Wildman–Crippen MR) is 110 cm³/mol. The number of fused-ring (bicyclic) bond motifs is 1. The number of nitrogens with zero attached hydrogens (tertiary/aromatic N) is 3. The van der Waals surface area contributed by atoms with Crippen LogP contribution in [0.4, 0.5) is 0 Å². The van der Waals surface area contributed by atoms with Crippen LogP contribution in [0.2, 0.25) is 0 Å². The third-order valence-electron chi connectivity index (χ3n) is 5.33. The zero-order chi connectivity index (χ0) is 20.8.